The van der Waals surface area contributed by atoms with E-state index in [2.05, 4.69) is 14.8 Å². The molecule has 0 N–H and O–H groups in total. The molecule has 1 fully saturated rings. The van der Waals surface area contributed by atoms with Crippen LogP contribution in [-0.2, 0) is 22.5 Å². The molecule has 18 heavy (non-hydrogen) atoms. The maximum Gasteiger partial charge on any atom is 0.319 e. The molecular formula is C12H17N3O2S. The maximum atomic E-state index is 11.6. The minimum atomic E-state index is -0.114. The number of hydrogen-bond donors (Lipinski definition) is 0. The van der Waals surface area contributed by atoms with Crippen LogP contribution in [-0.4, -0.2) is 32.1 Å². The summed E-state index contributed by atoms with van der Waals surface area (Å²) in [6, 6.07) is 0. The Kier molecular flexibility index (Phi) is 3.28. The minimum absolute atomic E-state index is 0.0292. The van der Waals surface area contributed by atoms with Crippen LogP contribution in [0.1, 0.15) is 38.4 Å². The molecule has 6 heteroatoms. The largest absolute Gasteiger partial charge is 0.462 e. The third-order valence-electron chi connectivity index (χ3n) is 3.45. The molecule has 0 spiro atoms. The van der Waals surface area contributed by atoms with Gasteiger partial charge in [-0.1, -0.05) is 18.2 Å². The van der Waals surface area contributed by atoms with Crippen molar-refractivity contribution in [1.82, 2.24) is 14.8 Å². The first-order valence-corrected chi connectivity index (χ1v) is 7.41. The Morgan fingerprint density at radius 2 is 2.22 bits per heavy atom. The van der Waals surface area contributed by atoms with Gasteiger partial charge in [0.2, 0.25) is 0 Å². The number of carbonyl (C=O) groups excluding carboxylic acids is 1. The summed E-state index contributed by atoms with van der Waals surface area (Å²) in [5.74, 6) is 0.952. The SMILES string of the molecule is C[C@H]1C[C@@H](Sc2nnc3n2CCCCC3)C(=O)O1. The van der Waals surface area contributed by atoms with Crippen LogP contribution in [0.5, 0.6) is 0 Å². The number of rotatable bonds is 2. The molecule has 0 amide bonds. The third kappa shape index (κ3) is 2.25. The quantitative estimate of drug-likeness (QED) is 0.765. The van der Waals surface area contributed by atoms with Crippen molar-refractivity contribution in [3.63, 3.8) is 0 Å². The smallest absolute Gasteiger partial charge is 0.319 e. The number of ether oxygens (including phenoxy) is 1. The Morgan fingerprint density at radius 1 is 1.33 bits per heavy atom. The minimum Gasteiger partial charge on any atom is -0.462 e. The maximum absolute atomic E-state index is 11.6. The molecule has 0 radical (unpaired) electrons. The van der Waals surface area contributed by atoms with Gasteiger partial charge in [0, 0.05) is 19.4 Å². The summed E-state index contributed by atoms with van der Waals surface area (Å²) in [6.45, 7) is 2.91. The second-order valence-electron chi connectivity index (χ2n) is 4.95. The molecule has 0 saturated carbocycles. The summed E-state index contributed by atoms with van der Waals surface area (Å²) in [5.41, 5.74) is 0. The normalized spacial score (nSPS) is 27.7. The highest BCUT2D eigenvalue weighted by atomic mass is 32.2. The van der Waals surface area contributed by atoms with Gasteiger partial charge in [-0.05, 0) is 19.8 Å². The average molecular weight is 267 g/mol. The molecule has 1 aromatic heterocycles. The first-order chi connectivity index (χ1) is 8.74. The van der Waals surface area contributed by atoms with E-state index in [9.17, 15) is 4.79 Å². The highest BCUT2D eigenvalue weighted by Gasteiger charge is 2.34. The van der Waals surface area contributed by atoms with Crippen LogP contribution in [0.4, 0.5) is 0 Å². The van der Waals surface area contributed by atoms with Crippen LogP contribution in [0.25, 0.3) is 0 Å². The standard InChI is InChI=1S/C12H17N3O2S/c1-8-7-9(11(16)17-8)18-12-14-13-10-5-3-2-4-6-15(10)12/h8-9H,2-7H2,1H3/t8-,9+/m0/s1. The van der Waals surface area contributed by atoms with Gasteiger partial charge in [0.05, 0.1) is 0 Å². The fraction of sp³-hybridized carbons (Fsp3) is 0.750. The Bertz CT molecular complexity index is 460. The number of carbonyl (C=O) groups is 1. The van der Waals surface area contributed by atoms with E-state index in [0.29, 0.717) is 0 Å². The van der Waals surface area contributed by atoms with Crippen molar-refractivity contribution in [1.29, 1.82) is 0 Å². The van der Waals surface area contributed by atoms with Crippen LogP contribution >= 0.6 is 11.8 Å². The zero-order chi connectivity index (χ0) is 12.5. The van der Waals surface area contributed by atoms with E-state index in [1.165, 1.54) is 31.0 Å². The molecule has 3 rings (SSSR count). The van der Waals surface area contributed by atoms with Crippen molar-refractivity contribution < 1.29 is 9.53 Å². The molecule has 0 bridgehead atoms. The van der Waals surface area contributed by atoms with Gasteiger partial charge in [0.1, 0.15) is 17.2 Å². The van der Waals surface area contributed by atoms with Crippen LogP contribution in [0.3, 0.4) is 0 Å². The fourth-order valence-electron chi connectivity index (χ4n) is 2.49. The predicted molar refractivity (Wildman–Crippen MR) is 67.4 cm³/mol. The molecule has 2 aliphatic heterocycles. The summed E-state index contributed by atoms with van der Waals surface area (Å²) in [6.07, 6.45) is 5.40. The predicted octanol–water partition coefficient (Wildman–Crippen LogP) is 1.80. The molecule has 98 valence electrons. The second kappa shape index (κ2) is 4.91. The molecule has 0 aromatic carbocycles. The van der Waals surface area contributed by atoms with E-state index >= 15 is 0 Å². The van der Waals surface area contributed by atoms with Crippen LogP contribution < -0.4 is 0 Å². The summed E-state index contributed by atoms with van der Waals surface area (Å²) < 4.78 is 7.35. The Morgan fingerprint density at radius 3 is 3.00 bits per heavy atom. The number of cyclic esters (lactones) is 1. The fourth-order valence-corrected chi connectivity index (χ4v) is 3.67. The van der Waals surface area contributed by atoms with Crippen molar-refractivity contribution in [2.45, 2.75) is 62.1 Å². The van der Waals surface area contributed by atoms with Crippen molar-refractivity contribution in [3.05, 3.63) is 5.82 Å². The number of thioether (sulfide) groups is 1. The Balaban J connectivity index is 1.77. The van der Waals surface area contributed by atoms with Gasteiger partial charge in [-0.3, -0.25) is 4.79 Å². The van der Waals surface area contributed by atoms with Crippen LogP contribution in [0, 0.1) is 0 Å². The van der Waals surface area contributed by atoms with Crippen molar-refractivity contribution >= 4 is 17.7 Å². The highest BCUT2D eigenvalue weighted by Crippen LogP contribution is 2.32. The second-order valence-corrected chi connectivity index (χ2v) is 6.12. The summed E-state index contributed by atoms with van der Waals surface area (Å²) in [7, 11) is 0. The van der Waals surface area contributed by atoms with E-state index in [-0.39, 0.29) is 17.3 Å². The summed E-state index contributed by atoms with van der Waals surface area (Å²) in [5, 5.41) is 9.24. The van der Waals surface area contributed by atoms with Gasteiger partial charge in [0.15, 0.2) is 5.16 Å². The number of nitrogens with zero attached hydrogens (tertiary/aromatic N) is 3. The highest BCUT2D eigenvalue weighted by molar-refractivity contribution is 8.00. The van der Waals surface area contributed by atoms with Gasteiger partial charge in [-0.2, -0.15) is 0 Å². The van der Waals surface area contributed by atoms with E-state index in [4.69, 9.17) is 4.74 Å². The Labute approximate surface area is 110 Å². The molecular weight excluding hydrogens is 250 g/mol. The molecule has 0 unspecified atom stereocenters. The van der Waals surface area contributed by atoms with Gasteiger partial charge in [-0.25, -0.2) is 0 Å². The molecule has 1 saturated heterocycles. The average Bonchev–Trinajstić information content (AvgIpc) is 2.75. The molecule has 2 atom stereocenters. The number of esters is 1. The number of hydrogen-bond acceptors (Lipinski definition) is 5. The zero-order valence-electron chi connectivity index (χ0n) is 10.5. The zero-order valence-corrected chi connectivity index (χ0v) is 11.3. The van der Waals surface area contributed by atoms with Crippen LogP contribution in [0.15, 0.2) is 5.16 Å². The van der Waals surface area contributed by atoms with Crippen molar-refractivity contribution in [2.75, 3.05) is 0 Å². The lowest BCUT2D eigenvalue weighted by atomic mass is 10.2. The lowest BCUT2D eigenvalue weighted by Gasteiger charge is -2.08. The molecule has 0 aliphatic carbocycles. The van der Waals surface area contributed by atoms with E-state index < -0.39 is 0 Å². The lowest BCUT2D eigenvalue weighted by molar-refractivity contribution is -0.140. The number of aromatic nitrogens is 3. The van der Waals surface area contributed by atoms with Crippen molar-refractivity contribution in [3.8, 4) is 0 Å². The van der Waals surface area contributed by atoms with Crippen molar-refractivity contribution in [2.24, 2.45) is 0 Å². The van der Waals surface area contributed by atoms with E-state index in [1.807, 2.05) is 6.92 Å². The first kappa shape index (κ1) is 12.0. The Hall–Kier alpha value is -1.04. The van der Waals surface area contributed by atoms with E-state index in [1.54, 1.807) is 0 Å². The number of aryl methyl sites for hydroxylation is 1. The summed E-state index contributed by atoms with van der Waals surface area (Å²) in [4.78, 5) is 11.6. The molecule has 3 heterocycles. The number of fused-ring (bicyclic) bond motifs is 1. The summed E-state index contributed by atoms with van der Waals surface area (Å²) >= 11 is 1.51. The van der Waals surface area contributed by atoms with Gasteiger partial charge in [-0.15, -0.1) is 10.2 Å². The van der Waals surface area contributed by atoms with Gasteiger partial charge >= 0.3 is 5.97 Å². The third-order valence-corrected chi connectivity index (χ3v) is 4.63. The first-order valence-electron chi connectivity index (χ1n) is 6.53. The van der Waals surface area contributed by atoms with E-state index in [0.717, 1.165) is 30.4 Å². The van der Waals surface area contributed by atoms with Crippen LogP contribution in [0.2, 0.25) is 0 Å². The lowest BCUT2D eigenvalue weighted by Crippen LogP contribution is -2.11. The van der Waals surface area contributed by atoms with Gasteiger partial charge in [0.25, 0.3) is 0 Å². The monoisotopic (exact) mass is 267 g/mol. The molecule has 5 nitrogen and oxygen atoms in total. The van der Waals surface area contributed by atoms with Gasteiger partial charge < -0.3 is 9.30 Å². The molecule has 1 aromatic rings. The molecule has 2 aliphatic rings. The topological polar surface area (TPSA) is 57.0 Å².